The van der Waals surface area contributed by atoms with E-state index in [1.165, 1.54) is 10.6 Å². The Hall–Kier alpha value is -3.86. The van der Waals surface area contributed by atoms with Gasteiger partial charge in [0.05, 0.1) is 5.69 Å². The summed E-state index contributed by atoms with van der Waals surface area (Å²) in [7, 11) is 0. The average Bonchev–Trinajstić information content (AvgIpc) is 3.03. The van der Waals surface area contributed by atoms with Crippen molar-refractivity contribution in [2.45, 2.75) is 13.5 Å². The lowest BCUT2D eigenvalue weighted by Crippen LogP contribution is -2.35. The van der Waals surface area contributed by atoms with Gasteiger partial charge in [0, 0.05) is 0 Å². The van der Waals surface area contributed by atoms with Crippen LogP contribution in [0.3, 0.4) is 0 Å². The number of hydrazine groups is 1. The summed E-state index contributed by atoms with van der Waals surface area (Å²) in [5.41, 5.74) is 6.30. The number of amides is 2. The molecule has 1 heterocycles. The third-order valence-electron chi connectivity index (χ3n) is 4.60. The first-order valence-electron chi connectivity index (χ1n) is 9.31. The molecule has 3 aromatic rings. The number of hydrogen-bond donors (Lipinski definition) is 1. The molecule has 0 saturated carbocycles. The number of carbonyl (C=O) groups is 2. The maximum Gasteiger partial charge on any atom is 0.282 e. The van der Waals surface area contributed by atoms with Crippen molar-refractivity contribution in [3.63, 3.8) is 0 Å². The van der Waals surface area contributed by atoms with E-state index in [4.69, 9.17) is 4.74 Å². The molecule has 3 aromatic carbocycles. The number of carbonyl (C=O) groups excluding carboxylic acids is 2. The van der Waals surface area contributed by atoms with Crippen LogP contribution in [0.4, 0.5) is 5.69 Å². The SMILES string of the molecule is Cc1ccc(COc2cccc(C=C3C(=O)NN(c4ccccc4)C3=O)c2)cc1. The Morgan fingerprint density at radius 2 is 1.69 bits per heavy atom. The van der Waals surface area contributed by atoms with Crippen molar-refractivity contribution in [1.82, 2.24) is 5.43 Å². The molecule has 0 bridgehead atoms. The van der Waals surface area contributed by atoms with Gasteiger partial charge < -0.3 is 4.74 Å². The average molecular weight is 384 g/mol. The molecule has 1 aliphatic rings. The minimum Gasteiger partial charge on any atom is -0.489 e. The van der Waals surface area contributed by atoms with Crippen LogP contribution in [-0.4, -0.2) is 11.8 Å². The number of nitrogens with zero attached hydrogens (tertiary/aromatic N) is 1. The summed E-state index contributed by atoms with van der Waals surface area (Å²) in [5.74, 6) is -0.136. The van der Waals surface area contributed by atoms with Crippen molar-refractivity contribution in [3.8, 4) is 5.75 Å². The number of anilines is 1. The van der Waals surface area contributed by atoms with Crippen molar-refractivity contribution < 1.29 is 14.3 Å². The van der Waals surface area contributed by atoms with E-state index in [0.29, 0.717) is 18.0 Å². The first-order chi connectivity index (χ1) is 14.1. The van der Waals surface area contributed by atoms with Crippen LogP contribution in [0.25, 0.3) is 6.08 Å². The zero-order chi connectivity index (χ0) is 20.2. The van der Waals surface area contributed by atoms with Crippen LogP contribution in [-0.2, 0) is 16.2 Å². The van der Waals surface area contributed by atoms with Gasteiger partial charge in [0.25, 0.3) is 11.8 Å². The molecule has 5 nitrogen and oxygen atoms in total. The van der Waals surface area contributed by atoms with Gasteiger partial charge >= 0.3 is 0 Å². The quantitative estimate of drug-likeness (QED) is 0.534. The van der Waals surface area contributed by atoms with E-state index in [0.717, 1.165) is 11.1 Å². The van der Waals surface area contributed by atoms with Gasteiger partial charge in [0.2, 0.25) is 0 Å². The number of ether oxygens (including phenoxy) is 1. The summed E-state index contributed by atoms with van der Waals surface area (Å²) in [4.78, 5) is 25.0. The number of benzene rings is 3. The predicted octanol–water partition coefficient (Wildman–Crippen LogP) is 4.04. The Morgan fingerprint density at radius 3 is 2.45 bits per heavy atom. The maximum absolute atomic E-state index is 12.7. The predicted molar refractivity (Wildman–Crippen MR) is 112 cm³/mol. The largest absolute Gasteiger partial charge is 0.489 e. The van der Waals surface area contributed by atoms with Crippen molar-refractivity contribution in [2.24, 2.45) is 0 Å². The molecule has 1 N–H and O–H groups in total. The van der Waals surface area contributed by atoms with Gasteiger partial charge in [-0.05, 0) is 48.4 Å². The normalized spacial score (nSPS) is 14.9. The number of para-hydroxylation sites is 1. The molecule has 1 saturated heterocycles. The zero-order valence-electron chi connectivity index (χ0n) is 16.0. The second-order valence-corrected chi connectivity index (χ2v) is 6.82. The molecule has 0 aromatic heterocycles. The smallest absolute Gasteiger partial charge is 0.282 e. The summed E-state index contributed by atoms with van der Waals surface area (Å²) >= 11 is 0. The lowest BCUT2D eigenvalue weighted by molar-refractivity contribution is -0.117. The van der Waals surface area contributed by atoms with E-state index >= 15 is 0 Å². The van der Waals surface area contributed by atoms with Gasteiger partial charge in [0.15, 0.2) is 0 Å². The molecule has 29 heavy (non-hydrogen) atoms. The first kappa shape index (κ1) is 18.5. The molecular weight excluding hydrogens is 364 g/mol. The van der Waals surface area contributed by atoms with Gasteiger partial charge in [-0.3, -0.25) is 15.0 Å². The number of aryl methyl sites for hydroxylation is 1. The van der Waals surface area contributed by atoms with Crippen LogP contribution in [0, 0.1) is 6.92 Å². The molecule has 0 spiro atoms. The van der Waals surface area contributed by atoms with Crippen LogP contribution in [0.15, 0.2) is 84.4 Å². The molecule has 0 radical (unpaired) electrons. The highest BCUT2D eigenvalue weighted by Crippen LogP contribution is 2.23. The van der Waals surface area contributed by atoms with Crippen LogP contribution in [0.2, 0.25) is 0 Å². The number of rotatable bonds is 5. The molecule has 0 aliphatic carbocycles. The fraction of sp³-hybridized carbons (Fsp3) is 0.0833. The minimum absolute atomic E-state index is 0.0875. The Bertz CT molecular complexity index is 1070. The standard InChI is InChI=1S/C24H20N2O3/c1-17-10-12-18(13-11-17)16-29-21-9-5-6-19(14-21)15-22-23(27)25-26(24(22)28)20-7-3-2-4-8-20/h2-15H,16H2,1H3,(H,25,27). The highest BCUT2D eigenvalue weighted by molar-refractivity contribution is 6.31. The zero-order valence-corrected chi connectivity index (χ0v) is 16.0. The van der Waals surface area contributed by atoms with Crippen molar-refractivity contribution in [1.29, 1.82) is 0 Å². The lowest BCUT2D eigenvalue weighted by Gasteiger charge is -2.13. The van der Waals surface area contributed by atoms with Crippen molar-refractivity contribution >= 4 is 23.6 Å². The van der Waals surface area contributed by atoms with E-state index in [-0.39, 0.29) is 11.5 Å². The van der Waals surface area contributed by atoms with Crippen molar-refractivity contribution in [3.05, 3.63) is 101 Å². The highest BCUT2D eigenvalue weighted by atomic mass is 16.5. The molecule has 2 amide bonds. The third kappa shape index (κ3) is 4.19. The van der Waals surface area contributed by atoms with E-state index in [9.17, 15) is 9.59 Å². The second kappa shape index (κ2) is 8.02. The third-order valence-corrected chi connectivity index (χ3v) is 4.60. The number of nitrogens with one attached hydrogen (secondary N) is 1. The molecule has 4 rings (SSSR count). The highest BCUT2D eigenvalue weighted by Gasteiger charge is 2.34. The summed E-state index contributed by atoms with van der Waals surface area (Å²) in [5, 5.41) is 1.26. The monoisotopic (exact) mass is 384 g/mol. The van der Waals surface area contributed by atoms with Gasteiger partial charge in [-0.25, -0.2) is 5.01 Å². The molecule has 1 aliphatic heterocycles. The minimum atomic E-state index is -0.426. The Kier molecular flexibility index (Phi) is 5.12. The fourth-order valence-electron chi connectivity index (χ4n) is 3.03. The summed E-state index contributed by atoms with van der Waals surface area (Å²) < 4.78 is 5.86. The molecule has 144 valence electrons. The Labute approximate surface area is 169 Å². The van der Waals surface area contributed by atoms with Crippen molar-refractivity contribution in [2.75, 3.05) is 5.01 Å². The van der Waals surface area contributed by atoms with Gasteiger partial charge in [0.1, 0.15) is 17.9 Å². The second-order valence-electron chi connectivity index (χ2n) is 6.82. The molecule has 1 fully saturated rings. The Morgan fingerprint density at radius 1 is 0.931 bits per heavy atom. The van der Waals surface area contributed by atoms with E-state index in [1.807, 2.05) is 73.7 Å². The van der Waals surface area contributed by atoms with Crippen LogP contribution >= 0.6 is 0 Å². The molecular formula is C24H20N2O3. The van der Waals surface area contributed by atoms with Gasteiger partial charge in [-0.15, -0.1) is 0 Å². The maximum atomic E-state index is 12.7. The first-order valence-corrected chi connectivity index (χ1v) is 9.31. The number of hydrogen-bond acceptors (Lipinski definition) is 3. The van der Waals surface area contributed by atoms with Gasteiger partial charge in [-0.2, -0.15) is 0 Å². The fourth-order valence-corrected chi connectivity index (χ4v) is 3.03. The molecule has 0 unspecified atom stereocenters. The van der Waals surface area contributed by atoms with E-state index in [1.54, 1.807) is 18.2 Å². The van der Waals surface area contributed by atoms with Crippen LogP contribution < -0.4 is 15.2 Å². The Balaban J connectivity index is 1.50. The lowest BCUT2D eigenvalue weighted by atomic mass is 10.1. The molecule has 0 atom stereocenters. The summed E-state index contributed by atoms with van der Waals surface area (Å²) in [6, 6.07) is 24.5. The summed E-state index contributed by atoms with van der Waals surface area (Å²) in [6.45, 7) is 2.49. The summed E-state index contributed by atoms with van der Waals surface area (Å²) in [6.07, 6.45) is 1.58. The van der Waals surface area contributed by atoms with E-state index < -0.39 is 5.91 Å². The topological polar surface area (TPSA) is 58.6 Å². The van der Waals surface area contributed by atoms with Crippen LogP contribution in [0.5, 0.6) is 5.75 Å². The van der Waals surface area contributed by atoms with Crippen LogP contribution in [0.1, 0.15) is 16.7 Å². The van der Waals surface area contributed by atoms with Gasteiger partial charge in [-0.1, -0.05) is 60.2 Å². The van der Waals surface area contributed by atoms with E-state index in [2.05, 4.69) is 5.43 Å². The molecule has 5 heteroatoms.